The van der Waals surface area contributed by atoms with E-state index in [1.807, 2.05) is 0 Å². The van der Waals surface area contributed by atoms with Gasteiger partial charge < -0.3 is 29.2 Å². The lowest BCUT2D eigenvalue weighted by atomic mass is 9.40. The third-order valence-corrected chi connectivity index (χ3v) is 7.94. The Morgan fingerprint density at radius 1 is 1.33 bits per heavy atom. The molecule has 2 saturated carbocycles. The number of aliphatic hydroxyl groups excluding tert-OH is 1. The van der Waals surface area contributed by atoms with Gasteiger partial charge in [-0.15, -0.1) is 0 Å². The number of cyclic esters (lactones) is 1. The first kappa shape index (κ1) is 21.3. The molecule has 3 aliphatic rings. The van der Waals surface area contributed by atoms with Crippen molar-refractivity contribution >= 4 is 11.9 Å². The highest BCUT2D eigenvalue weighted by Gasteiger charge is 2.77. The van der Waals surface area contributed by atoms with Crippen LogP contribution in [0.25, 0.3) is 0 Å². The summed E-state index contributed by atoms with van der Waals surface area (Å²) in [7, 11) is 0. The second kappa shape index (κ2) is 7.07. The molecule has 3 N–H and O–H groups in total. The van der Waals surface area contributed by atoms with Gasteiger partial charge in [0.1, 0.15) is 18.3 Å². The molecule has 1 aromatic rings. The van der Waals surface area contributed by atoms with Crippen LogP contribution in [-0.2, 0) is 25.5 Å². The summed E-state index contributed by atoms with van der Waals surface area (Å²) < 4.78 is 16.3. The van der Waals surface area contributed by atoms with Crippen molar-refractivity contribution in [3.05, 3.63) is 24.2 Å². The van der Waals surface area contributed by atoms with Gasteiger partial charge in [0.15, 0.2) is 0 Å². The monoisotopic (exact) mass is 422 g/mol. The largest absolute Gasteiger partial charge is 0.472 e. The van der Waals surface area contributed by atoms with Crippen LogP contribution in [0.15, 0.2) is 23.0 Å². The highest BCUT2D eigenvalue weighted by molar-refractivity contribution is 5.79. The molecule has 30 heavy (non-hydrogen) atoms. The zero-order valence-corrected chi connectivity index (χ0v) is 17.4. The Labute approximate surface area is 175 Å². The maximum Gasteiger partial charge on any atom is 0.314 e. The summed E-state index contributed by atoms with van der Waals surface area (Å²) in [5.41, 5.74) is -4.66. The van der Waals surface area contributed by atoms with E-state index >= 15 is 0 Å². The van der Waals surface area contributed by atoms with Crippen molar-refractivity contribution in [3.63, 3.8) is 0 Å². The molecule has 1 aliphatic heterocycles. The molecule has 2 bridgehead atoms. The number of hydrogen-bond acceptors (Lipinski definition) is 8. The fourth-order valence-corrected chi connectivity index (χ4v) is 6.64. The molecule has 166 valence electrons. The van der Waals surface area contributed by atoms with Crippen molar-refractivity contribution in [3.8, 4) is 0 Å². The van der Waals surface area contributed by atoms with Crippen molar-refractivity contribution in [1.29, 1.82) is 0 Å². The Bertz CT molecular complexity index is 817. The first-order chi connectivity index (χ1) is 14.1. The van der Waals surface area contributed by atoms with E-state index in [2.05, 4.69) is 0 Å². The molecule has 0 aromatic carbocycles. The van der Waals surface area contributed by atoms with Crippen LogP contribution in [0, 0.1) is 16.7 Å². The first-order valence-corrected chi connectivity index (χ1v) is 10.5. The molecule has 2 aliphatic carbocycles. The number of rotatable bonds is 5. The van der Waals surface area contributed by atoms with Gasteiger partial charge in [0.05, 0.1) is 30.1 Å². The Kier molecular flexibility index (Phi) is 5.03. The molecule has 1 aromatic heterocycles. The summed E-state index contributed by atoms with van der Waals surface area (Å²) in [4.78, 5) is 24.8. The summed E-state index contributed by atoms with van der Waals surface area (Å²) in [6.07, 6.45) is 4.42. The van der Waals surface area contributed by atoms with E-state index in [1.165, 1.54) is 6.92 Å². The van der Waals surface area contributed by atoms with Crippen LogP contribution in [0.5, 0.6) is 0 Å². The summed E-state index contributed by atoms with van der Waals surface area (Å²) >= 11 is 0. The number of carbonyl (C=O) groups is 2. The van der Waals surface area contributed by atoms with Gasteiger partial charge in [-0.3, -0.25) is 9.59 Å². The van der Waals surface area contributed by atoms with Gasteiger partial charge in [-0.05, 0) is 44.2 Å². The molecule has 6 atom stereocenters. The molecule has 0 amide bonds. The number of aliphatic hydroxyl groups is 3. The van der Waals surface area contributed by atoms with E-state index in [4.69, 9.17) is 13.9 Å². The van der Waals surface area contributed by atoms with Crippen molar-refractivity contribution in [2.24, 2.45) is 16.7 Å². The topological polar surface area (TPSA) is 126 Å². The van der Waals surface area contributed by atoms with E-state index in [0.29, 0.717) is 25.7 Å². The Morgan fingerprint density at radius 2 is 2.10 bits per heavy atom. The molecule has 0 spiro atoms. The first-order valence-electron chi connectivity index (χ1n) is 10.5. The number of aryl methyl sites for hydroxylation is 1. The smallest absolute Gasteiger partial charge is 0.314 e. The van der Waals surface area contributed by atoms with Crippen molar-refractivity contribution in [2.45, 2.75) is 69.7 Å². The maximum atomic E-state index is 12.9. The van der Waals surface area contributed by atoms with Gasteiger partial charge in [-0.2, -0.15) is 0 Å². The lowest BCUT2D eigenvalue weighted by Crippen LogP contribution is -2.79. The Hall–Kier alpha value is -1.90. The number of hydrogen-bond donors (Lipinski definition) is 3. The quantitative estimate of drug-likeness (QED) is 0.607. The third kappa shape index (κ3) is 2.77. The predicted octanol–water partition coefficient (Wildman–Crippen LogP) is 1.35. The van der Waals surface area contributed by atoms with Crippen molar-refractivity contribution < 1.29 is 38.8 Å². The zero-order valence-electron chi connectivity index (χ0n) is 17.4. The number of carbonyl (C=O) groups excluding carboxylic acids is 2. The zero-order chi connectivity index (χ0) is 21.8. The van der Waals surface area contributed by atoms with Crippen LogP contribution >= 0.6 is 0 Å². The lowest BCUT2D eigenvalue weighted by Gasteiger charge is -2.69. The summed E-state index contributed by atoms with van der Waals surface area (Å²) in [5, 5.41) is 34.0. The highest BCUT2D eigenvalue weighted by Crippen LogP contribution is 2.67. The average molecular weight is 422 g/mol. The molecule has 3 fully saturated rings. The van der Waals surface area contributed by atoms with E-state index in [0.717, 1.165) is 5.56 Å². The minimum absolute atomic E-state index is 0.0318. The number of esters is 2. The summed E-state index contributed by atoms with van der Waals surface area (Å²) in [6, 6.07) is 1.80. The Balaban J connectivity index is 1.83. The van der Waals surface area contributed by atoms with E-state index in [1.54, 1.807) is 25.5 Å². The molecule has 8 nitrogen and oxygen atoms in total. The van der Waals surface area contributed by atoms with Crippen LogP contribution in [0.3, 0.4) is 0 Å². The van der Waals surface area contributed by atoms with Gasteiger partial charge >= 0.3 is 11.9 Å². The minimum Gasteiger partial charge on any atom is -0.472 e. The minimum atomic E-state index is -1.62. The summed E-state index contributed by atoms with van der Waals surface area (Å²) in [5.74, 6) is -1.70. The van der Waals surface area contributed by atoms with E-state index < -0.39 is 52.6 Å². The lowest BCUT2D eigenvalue weighted by molar-refractivity contribution is -0.333. The molecular weight excluding hydrogens is 392 g/mol. The molecule has 0 radical (unpaired) electrons. The van der Waals surface area contributed by atoms with E-state index in [-0.39, 0.29) is 19.4 Å². The maximum absolute atomic E-state index is 12.9. The van der Waals surface area contributed by atoms with Gasteiger partial charge in [-0.25, -0.2) is 0 Å². The second-order valence-electron chi connectivity index (χ2n) is 9.50. The van der Waals surface area contributed by atoms with Crippen LogP contribution in [0.1, 0.15) is 51.5 Å². The molecule has 8 heteroatoms. The van der Waals surface area contributed by atoms with Crippen molar-refractivity contribution in [1.82, 2.24) is 0 Å². The van der Waals surface area contributed by atoms with E-state index in [9.17, 15) is 24.9 Å². The number of furan rings is 1. The normalized spacial score (nSPS) is 42.9. The predicted molar refractivity (Wildman–Crippen MR) is 103 cm³/mol. The van der Waals surface area contributed by atoms with Gasteiger partial charge in [0, 0.05) is 24.7 Å². The molecule has 1 saturated heterocycles. The Morgan fingerprint density at radius 3 is 2.73 bits per heavy atom. The fourth-order valence-electron chi connectivity index (χ4n) is 6.64. The fraction of sp³-hybridized carbons (Fsp3) is 0.727. The van der Waals surface area contributed by atoms with Crippen LogP contribution < -0.4 is 0 Å². The van der Waals surface area contributed by atoms with Gasteiger partial charge in [0.25, 0.3) is 0 Å². The summed E-state index contributed by atoms with van der Waals surface area (Å²) in [6.45, 7) is 2.28. The van der Waals surface area contributed by atoms with Crippen molar-refractivity contribution in [2.75, 3.05) is 13.2 Å². The third-order valence-electron chi connectivity index (χ3n) is 7.94. The average Bonchev–Trinajstić information content (AvgIpc) is 3.20. The van der Waals surface area contributed by atoms with Gasteiger partial charge in [0.2, 0.25) is 0 Å². The van der Waals surface area contributed by atoms with Crippen LogP contribution in [-0.4, -0.2) is 57.8 Å². The second-order valence-corrected chi connectivity index (χ2v) is 9.50. The molecule has 4 rings (SSSR count). The van der Waals surface area contributed by atoms with Crippen LogP contribution in [0.2, 0.25) is 0 Å². The molecular formula is C22H30O8. The molecule has 0 unspecified atom stereocenters. The SMILES string of the molecule is CC(=O)O[C@H]1C[C@@](C)(O)[C@@](O)(CCc2ccoc2)[C@@]23CCC[C@](CO)(C(=O)OC2)[C@@H]13. The number of ether oxygens (including phenoxy) is 2. The highest BCUT2D eigenvalue weighted by atomic mass is 16.6. The van der Waals surface area contributed by atoms with Gasteiger partial charge in [-0.1, -0.05) is 6.42 Å². The molecule has 2 heterocycles. The standard InChI is InChI=1S/C22H30O8/c1-14(24)30-16-10-19(2,26)22(27,8-4-15-5-9-28-11-15)21-7-3-6-20(12-23,17(16)21)18(25)29-13-21/h5,9,11,16-17,23,26-27H,3-4,6-8,10,12-13H2,1-2H3/t16-,17+,19+,20+,21-,22-/m0/s1. The van der Waals surface area contributed by atoms with Crippen LogP contribution in [0.4, 0.5) is 0 Å².